The second-order valence-electron chi connectivity index (χ2n) is 5.74. The number of hydrogen-bond donors (Lipinski definition) is 1. The van der Waals surface area contributed by atoms with Gasteiger partial charge in [-0.1, -0.05) is 57.8 Å². The van der Waals surface area contributed by atoms with Gasteiger partial charge in [0.15, 0.2) is 0 Å². The third-order valence-corrected chi connectivity index (χ3v) is 4.08. The molecular weight excluding hydrogens is 238 g/mol. The lowest BCUT2D eigenvalue weighted by molar-refractivity contribution is -0.125. The summed E-state index contributed by atoms with van der Waals surface area (Å²) in [6.07, 6.45) is 14.0. The summed E-state index contributed by atoms with van der Waals surface area (Å²) in [4.78, 5) is 12.1. The number of hydrogen-bond acceptors (Lipinski definition) is 2. The molecule has 1 N–H and O–H groups in total. The molecule has 0 unspecified atom stereocenters. The van der Waals surface area contributed by atoms with Crippen molar-refractivity contribution in [3.05, 3.63) is 0 Å². The van der Waals surface area contributed by atoms with E-state index in [1.165, 1.54) is 57.8 Å². The fourth-order valence-electron chi connectivity index (χ4n) is 2.85. The highest BCUT2D eigenvalue weighted by atomic mass is 16.5. The van der Waals surface area contributed by atoms with Crippen molar-refractivity contribution < 1.29 is 9.53 Å². The summed E-state index contributed by atoms with van der Waals surface area (Å²) in [5.74, 6) is 0.477. The van der Waals surface area contributed by atoms with E-state index in [0.29, 0.717) is 13.2 Å². The molecule has 0 aromatic carbocycles. The Hall–Kier alpha value is -0.570. The van der Waals surface area contributed by atoms with Crippen LogP contribution < -0.4 is 5.32 Å². The molecule has 1 aliphatic carbocycles. The van der Waals surface area contributed by atoms with Crippen molar-refractivity contribution in [2.24, 2.45) is 5.92 Å². The highest BCUT2D eigenvalue weighted by Crippen LogP contribution is 2.21. The summed E-state index contributed by atoms with van der Waals surface area (Å²) in [6, 6.07) is 0. The zero-order valence-corrected chi connectivity index (χ0v) is 12.6. The predicted octanol–water partition coefficient (Wildman–Crippen LogP) is 3.67. The maximum absolute atomic E-state index is 12.1. The molecule has 1 amide bonds. The van der Waals surface area contributed by atoms with Crippen LogP contribution in [0.1, 0.15) is 70.6 Å². The first kappa shape index (κ1) is 16.5. The lowest BCUT2D eigenvalue weighted by atomic mass is 9.92. The molecule has 0 radical (unpaired) electrons. The molecular formula is C16H31NO2. The summed E-state index contributed by atoms with van der Waals surface area (Å²) in [6.45, 7) is 1.25. The fourth-order valence-corrected chi connectivity index (χ4v) is 2.85. The Labute approximate surface area is 118 Å². The molecule has 0 heterocycles. The molecule has 19 heavy (non-hydrogen) atoms. The fraction of sp³-hybridized carbons (Fsp3) is 0.938. The summed E-state index contributed by atoms with van der Waals surface area (Å²) < 4.78 is 4.98. The maximum atomic E-state index is 12.1. The zero-order chi connectivity index (χ0) is 13.8. The van der Waals surface area contributed by atoms with Gasteiger partial charge in [-0.25, -0.2) is 0 Å². The van der Waals surface area contributed by atoms with Crippen molar-refractivity contribution in [2.75, 3.05) is 20.3 Å². The van der Waals surface area contributed by atoms with Gasteiger partial charge in [0.25, 0.3) is 0 Å². The Bertz CT molecular complexity index is 219. The van der Waals surface area contributed by atoms with E-state index in [2.05, 4.69) is 5.32 Å². The molecule has 1 aliphatic rings. The molecule has 0 bridgehead atoms. The Morgan fingerprint density at radius 2 is 1.42 bits per heavy atom. The third kappa shape index (κ3) is 8.25. The standard InChI is InChI=1S/C16H31NO2/c1-19-14-13-17-16(18)15-11-9-7-5-3-2-4-6-8-10-12-15/h15H,2-14H2,1H3,(H,17,18). The van der Waals surface area contributed by atoms with Gasteiger partial charge in [0, 0.05) is 19.6 Å². The van der Waals surface area contributed by atoms with Gasteiger partial charge in [-0.3, -0.25) is 4.79 Å². The minimum Gasteiger partial charge on any atom is -0.383 e. The number of ether oxygens (including phenoxy) is 1. The number of rotatable bonds is 4. The average Bonchev–Trinajstić information content (AvgIpc) is 2.39. The first-order valence-corrected chi connectivity index (χ1v) is 8.11. The third-order valence-electron chi connectivity index (χ3n) is 4.08. The van der Waals surface area contributed by atoms with Crippen molar-refractivity contribution in [3.8, 4) is 0 Å². The molecule has 3 heteroatoms. The van der Waals surface area contributed by atoms with Crippen LogP contribution in [0.25, 0.3) is 0 Å². The quantitative estimate of drug-likeness (QED) is 0.791. The van der Waals surface area contributed by atoms with Crippen molar-refractivity contribution in [1.29, 1.82) is 0 Å². The number of amides is 1. The minimum atomic E-state index is 0.233. The molecule has 0 aliphatic heterocycles. The lowest BCUT2D eigenvalue weighted by Gasteiger charge is -2.17. The predicted molar refractivity (Wildman–Crippen MR) is 79.2 cm³/mol. The molecule has 0 spiro atoms. The van der Waals surface area contributed by atoms with Crippen LogP contribution >= 0.6 is 0 Å². The van der Waals surface area contributed by atoms with Crippen LogP contribution in [-0.2, 0) is 9.53 Å². The number of carbonyl (C=O) groups excluding carboxylic acids is 1. The van der Waals surface area contributed by atoms with Gasteiger partial charge in [0.05, 0.1) is 6.61 Å². The van der Waals surface area contributed by atoms with E-state index in [4.69, 9.17) is 4.74 Å². The first-order chi connectivity index (χ1) is 9.34. The van der Waals surface area contributed by atoms with Gasteiger partial charge in [0.1, 0.15) is 0 Å². The molecule has 0 saturated heterocycles. The zero-order valence-electron chi connectivity index (χ0n) is 12.6. The van der Waals surface area contributed by atoms with Crippen LogP contribution in [0.2, 0.25) is 0 Å². The summed E-state index contributed by atoms with van der Waals surface area (Å²) in [5.41, 5.74) is 0. The largest absolute Gasteiger partial charge is 0.383 e. The van der Waals surface area contributed by atoms with Gasteiger partial charge in [-0.2, -0.15) is 0 Å². The van der Waals surface area contributed by atoms with Gasteiger partial charge < -0.3 is 10.1 Å². The summed E-state index contributed by atoms with van der Waals surface area (Å²) in [7, 11) is 1.67. The number of methoxy groups -OCH3 is 1. The van der Waals surface area contributed by atoms with Gasteiger partial charge in [0.2, 0.25) is 5.91 Å². The molecule has 1 saturated carbocycles. The molecule has 1 fully saturated rings. The van der Waals surface area contributed by atoms with Crippen molar-refractivity contribution in [2.45, 2.75) is 70.6 Å². The second kappa shape index (κ2) is 11.3. The Balaban J connectivity index is 2.30. The minimum absolute atomic E-state index is 0.233. The van der Waals surface area contributed by atoms with E-state index in [1.807, 2.05) is 0 Å². The van der Waals surface area contributed by atoms with E-state index in [-0.39, 0.29) is 11.8 Å². The molecule has 112 valence electrons. The molecule has 0 aromatic rings. The van der Waals surface area contributed by atoms with Crippen LogP contribution in [0.4, 0.5) is 0 Å². The van der Waals surface area contributed by atoms with E-state index in [1.54, 1.807) is 7.11 Å². The molecule has 0 aromatic heterocycles. The van der Waals surface area contributed by atoms with Gasteiger partial charge in [-0.15, -0.1) is 0 Å². The molecule has 3 nitrogen and oxygen atoms in total. The lowest BCUT2D eigenvalue weighted by Crippen LogP contribution is -2.33. The van der Waals surface area contributed by atoms with E-state index in [0.717, 1.165) is 12.8 Å². The highest BCUT2D eigenvalue weighted by molar-refractivity contribution is 5.78. The molecule has 0 atom stereocenters. The Morgan fingerprint density at radius 1 is 0.947 bits per heavy atom. The van der Waals surface area contributed by atoms with Crippen LogP contribution in [0.5, 0.6) is 0 Å². The number of carbonyl (C=O) groups is 1. The SMILES string of the molecule is COCCNC(=O)C1CCCCCCCCCCC1. The van der Waals surface area contributed by atoms with Crippen LogP contribution in [-0.4, -0.2) is 26.2 Å². The average molecular weight is 269 g/mol. The van der Waals surface area contributed by atoms with Crippen molar-refractivity contribution >= 4 is 5.91 Å². The smallest absolute Gasteiger partial charge is 0.223 e. The Morgan fingerprint density at radius 3 is 1.89 bits per heavy atom. The van der Waals surface area contributed by atoms with E-state index in [9.17, 15) is 4.79 Å². The monoisotopic (exact) mass is 269 g/mol. The first-order valence-electron chi connectivity index (χ1n) is 8.11. The highest BCUT2D eigenvalue weighted by Gasteiger charge is 2.17. The van der Waals surface area contributed by atoms with E-state index >= 15 is 0 Å². The normalized spacial score (nSPS) is 20.3. The maximum Gasteiger partial charge on any atom is 0.223 e. The van der Waals surface area contributed by atoms with Gasteiger partial charge >= 0.3 is 0 Å². The van der Waals surface area contributed by atoms with Crippen molar-refractivity contribution in [1.82, 2.24) is 5.32 Å². The van der Waals surface area contributed by atoms with Crippen LogP contribution in [0, 0.1) is 5.92 Å². The van der Waals surface area contributed by atoms with Gasteiger partial charge in [-0.05, 0) is 12.8 Å². The summed E-state index contributed by atoms with van der Waals surface area (Å²) in [5, 5.41) is 3.00. The number of nitrogens with one attached hydrogen (secondary N) is 1. The van der Waals surface area contributed by atoms with Crippen LogP contribution in [0.3, 0.4) is 0 Å². The summed E-state index contributed by atoms with van der Waals surface area (Å²) >= 11 is 0. The van der Waals surface area contributed by atoms with E-state index < -0.39 is 0 Å². The van der Waals surface area contributed by atoms with Crippen LogP contribution in [0.15, 0.2) is 0 Å². The topological polar surface area (TPSA) is 38.3 Å². The Kier molecular flexibility index (Phi) is 9.78. The second-order valence-corrected chi connectivity index (χ2v) is 5.74. The van der Waals surface area contributed by atoms with Crippen molar-refractivity contribution in [3.63, 3.8) is 0 Å². The molecule has 1 rings (SSSR count).